The lowest BCUT2D eigenvalue weighted by Gasteiger charge is -2.44. The molecule has 11 heteroatoms. The molecule has 0 aliphatic carbocycles. The molecule has 3 aromatic carbocycles. The maximum Gasteiger partial charge on any atom is 0.208 e. The number of hydrogen-bond acceptors (Lipinski definition) is 6. The van der Waals surface area contributed by atoms with E-state index >= 15 is 0 Å². The van der Waals surface area contributed by atoms with Crippen LogP contribution < -0.4 is 4.72 Å². The molecule has 1 aliphatic heterocycles. The summed E-state index contributed by atoms with van der Waals surface area (Å²) in [7, 11) is -3.50. The Morgan fingerprint density at radius 1 is 0.974 bits per heavy atom. The summed E-state index contributed by atoms with van der Waals surface area (Å²) in [5, 5.41) is 20.6. The number of nitrogens with zero attached hydrogens (tertiary/aromatic N) is 1. The molecule has 0 saturated carbocycles. The maximum atomic E-state index is 14.9. The van der Waals surface area contributed by atoms with Crippen LogP contribution in [0.5, 0.6) is 11.5 Å². The molecule has 208 valence electrons. The average Bonchev–Trinajstić information content (AvgIpc) is 2.87. The minimum Gasteiger partial charge on any atom is -0.505 e. The third-order valence-corrected chi connectivity index (χ3v) is 7.96. The van der Waals surface area contributed by atoms with Crippen molar-refractivity contribution in [3.05, 3.63) is 94.3 Å². The number of likely N-dealkylation sites (tertiary alicyclic amines) is 1. The van der Waals surface area contributed by atoms with E-state index < -0.39 is 62.5 Å². The molecule has 0 unspecified atom stereocenters. The molecular formula is C28H29F3N2O5S. The molecule has 3 N–H and O–H groups in total. The van der Waals surface area contributed by atoms with Gasteiger partial charge < -0.3 is 15.1 Å². The molecule has 7 nitrogen and oxygen atoms in total. The minimum absolute atomic E-state index is 0.00570. The summed E-state index contributed by atoms with van der Waals surface area (Å²) in [5.41, 5.74) is 0.511. The fourth-order valence-electron chi connectivity index (χ4n) is 5.41. The molecule has 3 aromatic rings. The zero-order chi connectivity index (χ0) is 28.5. The van der Waals surface area contributed by atoms with Crippen molar-refractivity contribution >= 4 is 15.8 Å². The second-order valence-corrected chi connectivity index (χ2v) is 11.6. The summed E-state index contributed by atoms with van der Waals surface area (Å²) in [4.78, 5) is 15.7. The van der Waals surface area contributed by atoms with Gasteiger partial charge >= 0.3 is 0 Å². The Hall–Kier alpha value is -3.41. The Balaban J connectivity index is 1.88. The highest BCUT2D eigenvalue weighted by Gasteiger charge is 2.44. The van der Waals surface area contributed by atoms with Crippen molar-refractivity contribution < 1.29 is 36.6 Å². The molecule has 0 bridgehead atoms. The molecule has 1 saturated heterocycles. The van der Waals surface area contributed by atoms with Crippen LogP contribution >= 0.6 is 0 Å². The van der Waals surface area contributed by atoms with Gasteiger partial charge in [-0.15, -0.1) is 0 Å². The largest absolute Gasteiger partial charge is 0.505 e. The first-order valence-corrected chi connectivity index (χ1v) is 14.2. The SMILES string of the molecule is Cc1c(F)cccc1[C@H]1[C@@H](C(=O)c2cccc(O)c2F)CN(CCNS(C)(=O)=O)C[C@@H]1c1cccc(F)c1O. The van der Waals surface area contributed by atoms with Crippen molar-refractivity contribution in [2.45, 2.75) is 18.8 Å². The lowest BCUT2D eigenvalue weighted by Crippen LogP contribution is -2.49. The van der Waals surface area contributed by atoms with Crippen LogP contribution in [0, 0.1) is 30.3 Å². The van der Waals surface area contributed by atoms with Crippen LogP contribution in [0.4, 0.5) is 13.2 Å². The maximum absolute atomic E-state index is 14.9. The van der Waals surface area contributed by atoms with E-state index in [1.165, 1.54) is 36.4 Å². The number of sulfonamides is 1. The highest BCUT2D eigenvalue weighted by Crippen LogP contribution is 2.48. The zero-order valence-electron chi connectivity index (χ0n) is 21.4. The summed E-state index contributed by atoms with van der Waals surface area (Å²) < 4.78 is 69.8. The zero-order valence-corrected chi connectivity index (χ0v) is 22.2. The fourth-order valence-corrected chi connectivity index (χ4v) is 5.87. The first kappa shape index (κ1) is 28.6. The monoisotopic (exact) mass is 562 g/mol. The number of benzene rings is 3. The number of halogens is 3. The van der Waals surface area contributed by atoms with Gasteiger partial charge in [0.2, 0.25) is 10.0 Å². The molecule has 4 rings (SSSR count). The number of piperidine rings is 1. The standard InChI is InChI=1S/C28H29F3N2O5S/c1-16-17(6-3-9-22(16)29)25-20(18-7-4-10-23(30)28(18)36)14-33(13-12-32-39(2,37)38)15-21(25)27(35)19-8-5-11-24(34)26(19)31/h3-11,20-21,25,32,34,36H,12-15H2,1-2H3/t20-,21+,25-/m1/s1. The molecule has 0 aromatic heterocycles. The lowest BCUT2D eigenvalue weighted by atomic mass is 9.67. The Kier molecular flexibility index (Phi) is 8.34. The predicted octanol–water partition coefficient (Wildman–Crippen LogP) is 4.05. The van der Waals surface area contributed by atoms with Gasteiger partial charge in [0.25, 0.3) is 0 Å². The molecular weight excluding hydrogens is 533 g/mol. The number of carbonyl (C=O) groups is 1. The van der Waals surface area contributed by atoms with Crippen molar-refractivity contribution in [3.63, 3.8) is 0 Å². The molecule has 0 amide bonds. The quantitative estimate of drug-likeness (QED) is 0.358. The van der Waals surface area contributed by atoms with Gasteiger partial charge in [-0.3, -0.25) is 4.79 Å². The van der Waals surface area contributed by atoms with Crippen LogP contribution in [0.3, 0.4) is 0 Å². The van der Waals surface area contributed by atoms with E-state index in [4.69, 9.17) is 0 Å². The number of carbonyl (C=O) groups excluding carboxylic acids is 1. The molecule has 1 aliphatic rings. The van der Waals surface area contributed by atoms with Gasteiger partial charge in [0.1, 0.15) is 5.82 Å². The van der Waals surface area contributed by atoms with E-state index in [0.29, 0.717) is 5.56 Å². The number of Topliss-reactive ketones (excluding diaryl/α,β-unsaturated/α-hetero) is 1. The second-order valence-electron chi connectivity index (χ2n) is 9.80. The molecule has 0 spiro atoms. The average molecular weight is 563 g/mol. The summed E-state index contributed by atoms with van der Waals surface area (Å²) >= 11 is 0. The van der Waals surface area contributed by atoms with E-state index in [1.54, 1.807) is 17.9 Å². The third kappa shape index (κ3) is 6.10. The third-order valence-electron chi connectivity index (χ3n) is 7.24. The number of nitrogens with one attached hydrogen (secondary N) is 1. The Morgan fingerprint density at radius 3 is 2.31 bits per heavy atom. The topological polar surface area (TPSA) is 107 Å². The fraction of sp³-hybridized carbons (Fsp3) is 0.321. The van der Waals surface area contributed by atoms with Crippen LogP contribution in [0.15, 0.2) is 54.6 Å². The number of ketones is 1. The summed E-state index contributed by atoms with van der Waals surface area (Å²) in [6.07, 6.45) is 1.01. The van der Waals surface area contributed by atoms with Crippen LogP contribution in [0.2, 0.25) is 0 Å². The van der Waals surface area contributed by atoms with E-state index in [1.807, 2.05) is 0 Å². The van der Waals surface area contributed by atoms with Gasteiger partial charge in [0, 0.05) is 49.5 Å². The van der Waals surface area contributed by atoms with Crippen LogP contribution in [-0.4, -0.2) is 61.7 Å². The van der Waals surface area contributed by atoms with Crippen molar-refractivity contribution in [3.8, 4) is 11.5 Å². The first-order chi connectivity index (χ1) is 18.4. The van der Waals surface area contributed by atoms with E-state index in [0.717, 1.165) is 18.4 Å². The number of para-hydroxylation sites is 1. The van der Waals surface area contributed by atoms with Gasteiger partial charge in [-0.1, -0.05) is 30.3 Å². The number of hydrogen-bond donors (Lipinski definition) is 3. The summed E-state index contributed by atoms with van der Waals surface area (Å²) in [6.45, 7) is 1.90. The number of phenolic OH excluding ortho intramolecular Hbond substituents is 2. The molecule has 0 radical (unpaired) electrons. The normalized spacial score (nSPS) is 20.2. The van der Waals surface area contributed by atoms with Gasteiger partial charge in [-0.25, -0.2) is 26.3 Å². The van der Waals surface area contributed by atoms with Gasteiger partial charge in [0.15, 0.2) is 28.9 Å². The van der Waals surface area contributed by atoms with Gasteiger partial charge in [-0.05, 0) is 42.3 Å². The number of aromatic hydroxyl groups is 2. The smallest absolute Gasteiger partial charge is 0.208 e. The Bertz CT molecular complexity index is 1500. The van der Waals surface area contributed by atoms with Crippen molar-refractivity contribution in [1.29, 1.82) is 0 Å². The van der Waals surface area contributed by atoms with Gasteiger partial charge in [-0.2, -0.15) is 0 Å². The summed E-state index contributed by atoms with van der Waals surface area (Å²) in [6, 6.07) is 12.1. The van der Waals surface area contributed by atoms with Crippen molar-refractivity contribution in [1.82, 2.24) is 9.62 Å². The number of phenols is 2. The van der Waals surface area contributed by atoms with Crippen LogP contribution in [-0.2, 0) is 10.0 Å². The first-order valence-electron chi connectivity index (χ1n) is 12.3. The van der Waals surface area contributed by atoms with E-state index in [-0.39, 0.29) is 42.9 Å². The lowest BCUT2D eigenvalue weighted by molar-refractivity contribution is 0.0736. The highest BCUT2D eigenvalue weighted by atomic mass is 32.2. The van der Waals surface area contributed by atoms with Gasteiger partial charge in [0.05, 0.1) is 11.8 Å². The van der Waals surface area contributed by atoms with Crippen molar-refractivity contribution in [2.75, 3.05) is 32.4 Å². The molecule has 1 fully saturated rings. The Labute approximate surface area is 225 Å². The van der Waals surface area contributed by atoms with Crippen LogP contribution in [0.1, 0.15) is 38.9 Å². The molecule has 3 atom stereocenters. The Morgan fingerprint density at radius 2 is 1.62 bits per heavy atom. The summed E-state index contributed by atoms with van der Waals surface area (Å²) in [5.74, 6) is -7.09. The second kappa shape index (κ2) is 11.4. The highest BCUT2D eigenvalue weighted by molar-refractivity contribution is 7.88. The predicted molar refractivity (Wildman–Crippen MR) is 140 cm³/mol. The van der Waals surface area contributed by atoms with E-state index in [2.05, 4.69) is 4.72 Å². The number of rotatable bonds is 8. The molecule has 39 heavy (non-hydrogen) atoms. The minimum atomic E-state index is -3.50. The van der Waals surface area contributed by atoms with Crippen molar-refractivity contribution in [2.24, 2.45) is 5.92 Å². The molecule has 1 heterocycles. The van der Waals surface area contributed by atoms with E-state index in [9.17, 15) is 36.6 Å². The van der Waals surface area contributed by atoms with Crippen LogP contribution in [0.25, 0.3) is 0 Å².